The lowest BCUT2D eigenvalue weighted by atomic mass is 9.64. The second-order valence-electron chi connectivity index (χ2n) is 5.93. The quantitative estimate of drug-likeness (QED) is 0.821. The van der Waals surface area contributed by atoms with E-state index in [4.69, 9.17) is 0 Å². The van der Waals surface area contributed by atoms with E-state index in [-0.39, 0.29) is 11.5 Å². The molecule has 0 spiro atoms. The van der Waals surface area contributed by atoms with Crippen LogP contribution in [0.4, 0.5) is 5.82 Å². The molecule has 1 aromatic rings. The van der Waals surface area contributed by atoms with Gasteiger partial charge in [-0.25, -0.2) is 4.98 Å². The number of hydrogen-bond acceptors (Lipinski definition) is 3. The number of anilines is 1. The fourth-order valence-corrected chi connectivity index (χ4v) is 2.83. The molecule has 1 aromatic heterocycles. The number of rotatable bonds is 2. The van der Waals surface area contributed by atoms with Crippen LogP contribution in [0.5, 0.6) is 0 Å². The fourth-order valence-electron chi connectivity index (χ4n) is 2.83. The summed E-state index contributed by atoms with van der Waals surface area (Å²) in [7, 11) is 0. The molecule has 92 valence electrons. The molecular formula is C14H20N2O. The highest BCUT2D eigenvalue weighted by Crippen LogP contribution is 2.42. The summed E-state index contributed by atoms with van der Waals surface area (Å²) in [5.41, 5.74) is 2.62. The van der Waals surface area contributed by atoms with Gasteiger partial charge in [-0.2, -0.15) is 0 Å². The number of aliphatic hydroxyl groups is 1. The molecule has 2 atom stereocenters. The van der Waals surface area contributed by atoms with Crippen molar-refractivity contribution in [3.63, 3.8) is 0 Å². The maximum Gasteiger partial charge on any atom is 0.126 e. The summed E-state index contributed by atoms with van der Waals surface area (Å²) in [5, 5.41) is 13.2. The second kappa shape index (κ2) is 3.70. The van der Waals surface area contributed by atoms with Gasteiger partial charge in [0.05, 0.1) is 6.10 Å². The first-order valence-corrected chi connectivity index (χ1v) is 6.51. The van der Waals surface area contributed by atoms with E-state index in [9.17, 15) is 5.11 Å². The Morgan fingerprint density at radius 3 is 2.88 bits per heavy atom. The average molecular weight is 232 g/mol. The van der Waals surface area contributed by atoms with Gasteiger partial charge in [-0.15, -0.1) is 0 Å². The molecule has 17 heavy (non-hydrogen) atoms. The summed E-state index contributed by atoms with van der Waals surface area (Å²) >= 11 is 0. The van der Waals surface area contributed by atoms with E-state index in [0.29, 0.717) is 6.04 Å². The van der Waals surface area contributed by atoms with Gasteiger partial charge < -0.3 is 10.4 Å². The third-order valence-electron chi connectivity index (χ3n) is 4.47. The zero-order valence-corrected chi connectivity index (χ0v) is 10.5. The van der Waals surface area contributed by atoms with Crippen LogP contribution in [-0.4, -0.2) is 22.2 Å². The SMILES string of the molecule is CC1(C)C(O)CC1Nc1ccc2c(n1)CCC2. The normalized spacial score (nSPS) is 29.6. The molecule has 0 aromatic carbocycles. The van der Waals surface area contributed by atoms with E-state index in [1.165, 1.54) is 24.1 Å². The van der Waals surface area contributed by atoms with Crippen molar-refractivity contribution in [3.05, 3.63) is 23.4 Å². The van der Waals surface area contributed by atoms with Gasteiger partial charge in [0.15, 0.2) is 0 Å². The molecule has 3 rings (SSSR count). The molecule has 0 radical (unpaired) electrons. The number of aliphatic hydroxyl groups excluding tert-OH is 1. The Bertz CT molecular complexity index is 442. The van der Waals surface area contributed by atoms with Gasteiger partial charge in [0.2, 0.25) is 0 Å². The summed E-state index contributed by atoms with van der Waals surface area (Å²) in [4.78, 5) is 4.67. The van der Waals surface area contributed by atoms with Crippen LogP contribution in [0.1, 0.15) is 37.9 Å². The van der Waals surface area contributed by atoms with E-state index in [0.717, 1.165) is 18.7 Å². The molecule has 0 bridgehead atoms. The van der Waals surface area contributed by atoms with E-state index in [2.05, 4.69) is 36.3 Å². The zero-order valence-electron chi connectivity index (χ0n) is 10.5. The first-order valence-electron chi connectivity index (χ1n) is 6.51. The Morgan fingerprint density at radius 1 is 1.35 bits per heavy atom. The molecule has 2 N–H and O–H groups in total. The topological polar surface area (TPSA) is 45.1 Å². The lowest BCUT2D eigenvalue weighted by Gasteiger charge is -2.49. The number of fused-ring (bicyclic) bond motifs is 1. The third kappa shape index (κ3) is 1.73. The first-order chi connectivity index (χ1) is 8.07. The summed E-state index contributed by atoms with van der Waals surface area (Å²) in [6, 6.07) is 4.61. The minimum absolute atomic E-state index is 0.0410. The first kappa shape index (κ1) is 11.0. The smallest absolute Gasteiger partial charge is 0.126 e. The number of aryl methyl sites for hydroxylation is 2. The second-order valence-corrected chi connectivity index (χ2v) is 5.93. The van der Waals surface area contributed by atoms with Crippen LogP contribution in [-0.2, 0) is 12.8 Å². The van der Waals surface area contributed by atoms with Crippen molar-refractivity contribution >= 4 is 5.82 Å². The Kier molecular flexibility index (Phi) is 2.40. The maximum absolute atomic E-state index is 9.72. The Hall–Kier alpha value is -1.09. The standard InChI is InChI=1S/C14H20N2O/c1-14(2)11(8-12(14)17)16-13-7-6-9-4-3-5-10(9)15-13/h6-7,11-12,17H,3-5,8H2,1-2H3,(H,15,16). The minimum atomic E-state index is -0.186. The van der Waals surface area contributed by atoms with E-state index in [1.54, 1.807) is 0 Å². The largest absolute Gasteiger partial charge is 0.392 e. The molecule has 2 aliphatic rings. The fraction of sp³-hybridized carbons (Fsp3) is 0.643. The predicted octanol–water partition coefficient (Wildman–Crippen LogP) is 2.14. The van der Waals surface area contributed by atoms with Crippen molar-refractivity contribution in [2.75, 3.05) is 5.32 Å². The molecule has 1 heterocycles. The van der Waals surface area contributed by atoms with Crippen LogP contribution < -0.4 is 5.32 Å². The average Bonchev–Trinajstić information content (AvgIpc) is 2.76. The van der Waals surface area contributed by atoms with Crippen LogP contribution in [0, 0.1) is 5.41 Å². The molecule has 3 nitrogen and oxygen atoms in total. The van der Waals surface area contributed by atoms with Crippen LogP contribution in [0.15, 0.2) is 12.1 Å². The maximum atomic E-state index is 9.72. The summed E-state index contributed by atoms with van der Waals surface area (Å²) < 4.78 is 0. The lowest BCUT2D eigenvalue weighted by molar-refractivity contribution is -0.0511. The van der Waals surface area contributed by atoms with Crippen molar-refractivity contribution in [3.8, 4) is 0 Å². The predicted molar refractivity (Wildman–Crippen MR) is 68.1 cm³/mol. The molecule has 0 amide bonds. The summed E-state index contributed by atoms with van der Waals surface area (Å²) in [6.45, 7) is 4.21. The summed E-state index contributed by atoms with van der Waals surface area (Å²) in [5.74, 6) is 0.968. The Labute approximate surface area is 102 Å². The number of hydrogen-bond donors (Lipinski definition) is 2. The summed E-state index contributed by atoms with van der Waals surface area (Å²) in [6.07, 6.45) is 4.16. The van der Waals surface area contributed by atoms with Crippen LogP contribution in [0.3, 0.4) is 0 Å². The van der Waals surface area contributed by atoms with Crippen molar-refractivity contribution in [1.82, 2.24) is 4.98 Å². The van der Waals surface area contributed by atoms with Gasteiger partial charge in [0.1, 0.15) is 5.82 Å². The third-order valence-corrected chi connectivity index (χ3v) is 4.47. The van der Waals surface area contributed by atoms with Gasteiger partial charge >= 0.3 is 0 Å². The van der Waals surface area contributed by atoms with Gasteiger partial charge in [0.25, 0.3) is 0 Å². The highest BCUT2D eigenvalue weighted by Gasteiger charge is 2.47. The highest BCUT2D eigenvalue weighted by molar-refractivity contribution is 5.42. The monoisotopic (exact) mass is 232 g/mol. The molecule has 3 heteroatoms. The molecule has 0 aliphatic heterocycles. The van der Waals surface area contributed by atoms with E-state index in [1.807, 2.05) is 0 Å². The van der Waals surface area contributed by atoms with E-state index < -0.39 is 0 Å². The van der Waals surface area contributed by atoms with Crippen molar-refractivity contribution < 1.29 is 5.11 Å². The number of aromatic nitrogens is 1. The zero-order chi connectivity index (χ0) is 12.0. The lowest BCUT2D eigenvalue weighted by Crippen LogP contribution is -2.57. The molecule has 2 unspecified atom stereocenters. The molecule has 1 saturated carbocycles. The van der Waals surface area contributed by atoms with Gasteiger partial charge in [-0.3, -0.25) is 0 Å². The highest BCUT2D eigenvalue weighted by atomic mass is 16.3. The van der Waals surface area contributed by atoms with Crippen molar-refractivity contribution in [1.29, 1.82) is 0 Å². The van der Waals surface area contributed by atoms with Gasteiger partial charge in [-0.05, 0) is 37.3 Å². The molecular weight excluding hydrogens is 212 g/mol. The van der Waals surface area contributed by atoms with Crippen LogP contribution in [0.2, 0.25) is 0 Å². The van der Waals surface area contributed by atoms with Crippen LogP contribution >= 0.6 is 0 Å². The number of pyridine rings is 1. The van der Waals surface area contributed by atoms with E-state index >= 15 is 0 Å². The van der Waals surface area contributed by atoms with Gasteiger partial charge in [0, 0.05) is 17.2 Å². The minimum Gasteiger partial charge on any atom is -0.392 e. The van der Waals surface area contributed by atoms with Crippen LogP contribution in [0.25, 0.3) is 0 Å². The molecule has 2 aliphatic carbocycles. The van der Waals surface area contributed by atoms with Gasteiger partial charge in [-0.1, -0.05) is 19.9 Å². The van der Waals surface area contributed by atoms with Crippen molar-refractivity contribution in [2.45, 2.75) is 51.7 Å². The number of nitrogens with zero attached hydrogens (tertiary/aromatic N) is 1. The Balaban J connectivity index is 1.74. The number of nitrogens with one attached hydrogen (secondary N) is 1. The Morgan fingerprint density at radius 2 is 2.18 bits per heavy atom. The van der Waals surface area contributed by atoms with Crippen molar-refractivity contribution in [2.24, 2.45) is 5.41 Å². The molecule has 0 saturated heterocycles. The molecule has 1 fully saturated rings.